The summed E-state index contributed by atoms with van der Waals surface area (Å²) in [5.41, 5.74) is 6.57. The van der Waals surface area contributed by atoms with Crippen molar-refractivity contribution in [3.05, 3.63) is 43.5 Å². The van der Waals surface area contributed by atoms with Crippen LogP contribution in [0.25, 0.3) is 10.4 Å². The zero-order chi connectivity index (χ0) is 16.3. The van der Waals surface area contributed by atoms with Gasteiger partial charge in [0.15, 0.2) is 6.23 Å². The second-order valence-electron chi connectivity index (χ2n) is 5.43. The van der Waals surface area contributed by atoms with Crippen molar-refractivity contribution < 1.29 is 9.84 Å². The van der Waals surface area contributed by atoms with Crippen molar-refractivity contribution in [3.8, 4) is 0 Å². The number of aliphatic hydroxyl groups excluding tert-OH is 1. The summed E-state index contributed by atoms with van der Waals surface area (Å²) < 4.78 is 7.16. The van der Waals surface area contributed by atoms with Gasteiger partial charge in [0.25, 0.3) is 5.56 Å². The first-order valence-corrected chi connectivity index (χ1v) is 7.13. The maximum Gasteiger partial charge on any atom is 0.330 e. The Bertz CT molecular complexity index is 692. The monoisotopic (exact) mass is 309 g/mol. The topological polar surface area (TPSA) is 133 Å². The van der Waals surface area contributed by atoms with E-state index in [0.717, 1.165) is 0 Å². The minimum atomic E-state index is -0.908. The molecule has 0 bridgehead atoms. The highest BCUT2D eigenvalue weighted by Gasteiger charge is 2.51. The zero-order valence-corrected chi connectivity index (χ0v) is 12.5. The number of aromatic nitrogens is 2. The molecular formula is C13H19N5O4. The van der Waals surface area contributed by atoms with Crippen molar-refractivity contribution in [2.75, 3.05) is 6.54 Å². The lowest BCUT2D eigenvalue weighted by Gasteiger charge is -2.31. The van der Waals surface area contributed by atoms with E-state index in [1.54, 1.807) is 0 Å². The van der Waals surface area contributed by atoms with Gasteiger partial charge in [0, 0.05) is 29.6 Å². The van der Waals surface area contributed by atoms with Gasteiger partial charge in [-0.1, -0.05) is 19.0 Å². The first-order valence-electron chi connectivity index (χ1n) is 7.13. The predicted octanol–water partition coefficient (Wildman–Crippen LogP) is 0.912. The van der Waals surface area contributed by atoms with E-state index >= 15 is 0 Å². The third kappa shape index (κ3) is 2.78. The highest BCUT2D eigenvalue weighted by Crippen LogP contribution is 2.45. The van der Waals surface area contributed by atoms with Gasteiger partial charge in [-0.25, -0.2) is 4.79 Å². The van der Waals surface area contributed by atoms with Crippen LogP contribution in [0, 0.1) is 5.92 Å². The van der Waals surface area contributed by atoms with Gasteiger partial charge in [-0.3, -0.25) is 14.3 Å². The first kappa shape index (κ1) is 16.3. The fraction of sp³-hybridized carbons (Fsp3) is 0.692. The highest BCUT2D eigenvalue weighted by molar-refractivity contribution is 4.99. The standard InChI is InChI=1S/C13H19N5O4/c1-3-13(5-6-15-17-14)8(2)10(20)11(22-13)18-7-4-9(19)16-12(18)21/h4,7-8,10-11,20H,3,5-6H2,1-2H3,(H,16,19,21)/t8?,10-,11+,13-/m0/s1. The Balaban J connectivity index is 2.34. The fourth-order valence-electron chi connectivity index (χ4n) is 2.98. The van der Waals surface area contributed by atoms with E-state index in [1.165, 1.54) is 16.8 Å². The lowest BCUT2D eigenvalue weighted by atomic mass is 9.82. The molecule has 1 unspecified atom stereocenters. The Morgan fingerprint density at radius 3 is 2.91 bits per heavy atom. The second-order valence-corrected chi connectivity index (χ2v) is 5.43. The predicted molar refractivity (Wildman–Crippen MR) is 78.3 cm³/mol. The van der Waals surface area contributed by atoms with Gasteiger partial charge in [-0.15, -0.1) is 0 Å². The molecule has 1 aliphatic rings. The number of H-pyrrole nitrogens is 1. The highest BCUT2D eigenvalue weighted by atomic mass is 16.5. The van der Waals surface area contributed by atoms with Crippen LogP contribution in [0.4, 0.5) is 0 Å². The van der Waals surface area contributed by atoms with Gasteiger partial charge >= 0.3 is 5.69 Å². The Kier molecular flexibility index (Phi) is 4.70. The summed E-state index contributed by atoms with van der Waals surface area (Å²) in [6, 6.07) is 1.20. The Morgan fingerprint density at radius 1 is 1.59 bits per heavy atom. The molecule has 9 heteroatoms. The van der Waals surface area contributed by atoms with E-state index in [4.69, 9.17) is 10.3 Å². The molecule has 2 N–H and O–H groups in total. The number of aromatic amines is 1. The summed E-state index contributed by atoms with van der Waals surface area (Å²) >= 11 is 0. The summed E-state index contributed by atoms with van der Waals surface area (Å²) in [4.78, 5) is 27.9. The summed E-state index contributed by atoms with van der Waals surface area (Å²) in [6.45, 7) is 3.99. The van der Waals surface area contributed by atoms with Gasteiger partial charge in [0.1, 0.15) is 6.10 Å². The lowest BCUT2D eigenvalue weighted by Crippen LogP contribution is -2.36. The molecule has 0 amide bonds. The van der Waals surface area contributed by atoms with Crippen LogP contribution in [0.2, 0.25) is 0 Å². The van der Waals surface area contributed by atoms with Crippen LogP contribution in [0.15, 0.2) is 27.0 Å². The SMILES string of the molecule is CC[C@@]1(CCN=[N+]=[N-])O[C@@H](n2ccc(=O)[nH]c2=O)[C@@H](O)C1C. The third-order valence-electron chi connectivity index (χ3n) is 4.41. The van der Waals surface area contributed by atoms with E-state index < -0.39 is 29.2 Å². The molecule has 1 aromatic heterocycles. The van der Waals surface area contributed by atoms with Gasteiger partial charge in [-0.05, 0) is 18.4 Å². The maximum atomic E-state index is 11.9. The number of hydrogen-bond acceptors (Lipinski definition) is 5. The summed E-state index contributed by atoms with van der Waals surface area (Å²) in [7, 11) is 0. The quantitative estimate of drug-likeness (QED) is 0.475. The van der Waals surface area contributed by atoms with Gasteiger partial charge < -0.3 is 9.84 Å². The van der Waals surface area contributed by atoms with Crippen molar-refractivity contribution in [2.45, 2.75) is 44.6 Å². The number of nitrogens with one attached hydrogen (secondary N) is 1. The molecule has 0 aromatic carbocycles. The molecule has 1 aliphatic heterocycles. The molecule has 1 aromatic rings. The minimum absolute atomic E-state index is 0.245. The number of azide groups is 1. The van der Waals surface area contributed by atoms with Crippen molar-refractivity contribution >= 4 is 0 Å². The van der Waals surface area contributed by atoms with E-state index in [1.807, 2.05) is 13.8 Å². The van der Waals surface area contributed by atoms with Crippen LogP contribution >= 0.6 is 0 Å². The molecule has 0 aliphatic carbocycles. The average Bonchev–Trinajstić information content (AvgIpc) is 2.73. The normalized spacial score (nSPS) is 31.0. The van der Waals surface area contributed by atoms with E-state index in [2.05, 4.69) is 15.0 Å². The van der Waals surface area contributed by atoms with Crippen LogP contribution in [-0.2, 0) is 4.74 Å². The molecule has 1 fully saturated rings. The second kappa shape index (κ2) is 6.35. The van der Waals surface area contributed by atoms with E-state index in [9.17, 15) is 14.7 Å². The third-order valence-corrected chi connectivity index (χ3v) is 4.41. The molecule has 4 atom stereocenters. The number of ether oxygens (including phenoxy) is 1. The van der Waals surface area contributed by atoms with Crippen molar-refractivity contribution in [2.24, 2.45) is 11.0 Å². The smallest absolute Gasteiger partial charge is 0.330 e. The maximum absolute atomic E-state index is 11.9. The molecule has 120 valence electrons. The Labute approximate surface area is 126 Å². The summed E-state index contributed by atoms with van der Waals surface area (Å²) in [5, 5.41) is 14.0. The van der Waals surface area contributed by atoms with Crippen LogP contribution in [0.1, 0.15) is 32.9 Å². The fourth-order valence-corrected chi connectivity index (χ4v) is 2.98. The van der Waals surface area contributed by atoms with Crippen LogP contribution in [0.3, 0.4) is 0 Å². The van der Waals surface area contributed by atoms with E-state index in [0.29, 0.717) is 12.8 Å². The van der Waals surface area contributed by atoms with Crippen molar-refractivity contribution in [1.29, 1.82) is 0 Å². The molecule has 0 spiro atoms. The zero-order valence-electron chi connectivity index (χ0n) is 12.5. The van der Waals surface area contributed by atoms with E-state index in [-0.39, 0.29) is 12.5 Å². The van der Waals surface area contributed by atoms with Gasteiger partial charge in [0.05, 0.1) is 5.60 Å². The average molecular weight is 309 g/mol. The Hall–Kier alpha value is -2.09. The molecule has 9 nitrogen and oxygen atoms in total. The van der Waals surface area contributed by atoms with Crippen molar-refractivity contribution in [1.82, 2.24) is 9.55 Å². The number of hydrogen-bond donors (Lipinski definition) is 2. The molecule has 2 rings (SSSR count). The lowest BCUT2D eigenvalue weighted by molar-refractivity contribution is -0.0990. The van der Waals surface area contributed by atoms with Crippen LogP contribution in [-0.4, -0.2) is 32.9 Å². The van der Waals surface area contributed by atoms with Gasteiger partial charge in [0.2, 0.25) is 0 Å². The van der Waals surface area contributed by atoms with Crippen molar-refractivity contribution in [3.63, 3.8) is 0 Å². The number of aliphatic hydroxyl groups is 1. The molecule has 1 saturated heterocycles. The minimum Gasteiger partial charge on any atom is -0.388 e. The molecule has 22 heavy (non-hydrogen) atoms. The molecule has 0 saturated carbocycles. The number of nitrogens with zero attached hydrogens (tertiary/aromatic N) is 4. The summed E-state index contributed by atoms with van der Waals surface area (Å²) in [6.07, 6.45) is 0.558. The molecule has 0 radical (unpaired) electrons. The molecular weight excluding hydrogens is 290 g/mol. The Morgan fingerprint density at radius 2 is 2.32 bits per heavy atom. The largest absolute Gasteiger partial charge is 0.388 e. The summed E-state index contributed by atoms with van der Waals surface area (Å²) in [5.74, 6) is -0.254. The number of rotatable bonds is 5. The van der Waals surface area contributed by atoms with Crippen LogP contribution < -0.4 is 11.2 Å². The van der Waals surface area contributed by atoms with Gasteiger partial charge in [-0.2, -0.15) is 0 Å². The van der Waals surface area contributed by atoms with Crippen LogP contribution in [0.5, 0.6) is 0 Å². The first-order chi connectivity index (χ1) is 10.4. The molecule has 2 heterocycles.